The van der Waals surface area contributed by atoms with Crippen LogP contribution in [0.2, 0.25) is 0 Å². The zero-order valence-electron chi connectivity index (χ0n) is 16.0. The average Bonchev–Trinajstić information content (AvgIpc) is 2.72. The molecule has 0 radical (unpaired) electrons. The van der Waals surface area contributed by atoms with Gasteiger partial charge in [0.2, 0.25) is 11.8 Å². The number of para-hydroxylation sites is 2. The number of hydrogen-bond acceptors (Lipinski definition) is 6. The van der Waals surface area contributed by atoms with E-state index in [1.807, 2.05) is 0 Å². The molecule has 0 aliphatic rings. The van der Waals surface area contributed by atoms with Crippen LogP contribution < -0.4 is 25.0 Å². The first-order chi connectivity index (χ1) is 13.6. The normalized spacial score (nSPS) is 10.4. The van der Waals surface area contributed by atoms with E-state index < -0.39 is 0 Å². The number of carbonyl (C=O) groups excluding carboxylic acids is 2. The van der Waals surface area contributed by atoms with Crippen molar-refractivity contribution >= 4 is 23.7 Å². The van der Waals surface area contributed by atoms with Crippen molar-refractivity contribution < 1.29 is 23.8 Å². The van der Waals surface area contributed by atoms with Gasteiger partial charge >= 0.3 is 0 Å². The summed E-state index contributed by atoms with van der Waals surface area (Å²) < 4.78 is 15.6. The van der Waals surface area contributed by atoms with Crippen LogP contribution in [-0.4, -0.2) is 39.4 Å². The molecule has 0 aliphatic heterocycles. The minimum Gasteiger partial charge on any atom is -0.497 e. The summed E-state index contributed by atoms with van der Waals surface area (Å²) in [4.78, 5) is 23.9. The van der Waals surface area contributed by atoms with Crippen LogP contribution in [0.15, 0.2) is 47.6 Å². The Hall–Kier alpha value is -3.55. The molecule has 0 aromatic heterocycles. The van der Waals surface area contributed by atoms with Crippen molar-refractivity contribution in [2.75, 3.05) is 26.6 Å². The molecule has 2 rings (SSSR count). The lowest BCUT2D eigenvalue weighted by Crippen LogP contribution is -2.20. The van der Waals surface area contributed by atoms with E-state index in [-0.39, 0.29) is 24.7 Å². The van der Waals surface area contributed by atoms with Crippen molar-refractivity contribution in [1.29, 1.82) is 0 Å². The summed E-state index contributed by atoms with van der Waals surface area (Å²) >= 11 is 0. The minimum atomic E-state index is -0.381. The van der Waals surface area contributed by atoms with E-state index in [9.17, 15) is 9.59 Å². The molecule has 0 spiro atoms. The molecule has 28 heavy (non-hydrogen) atoms. The highest BCUT2D eigenvalue weighted by molar-refractivity contribution is 5.94. The number of amides is 2. The Morgan fingerprint density at radius 3 is 2.36 bits per heavy atom. The van der Waals surface area contributed by atoms with Gasteiger partial charge in [0.05, 0.1) is 33.2 Å². The zero-order valence-corrected chi connectivity index (χ0v) is 16.0. The Morgan fingerprint density at radius 1 is 0.929 bits per heavy atom. The topological polar surface area (TPSA) is 98.3 Å². The predicted octanol–water partition coefficient (Wildman–Crippen LogP) is 2.58. The quantitative estimate of drug-likeness (QED) is 0.511. The molecule has 8 nitrogen and oxygen atoms in total. The summed E-state index contributed by atoms with van der Waals surface area (Å²) in [6, 6.07) is 12.3. The van der Waals surface area contributed by atoms with E-state index in [1.165, 1.54) is 20.4 Å². The summed E-state index contributed by atoms with van der Waals surface area (Å²) in [5, 5.41) is 6.62. The standard InChI is InChI=1S/C20H23N3O5/c1-26-15-8-9-17(27-2)14(12-15)13-21-23-20(25)11-10-19(24)22-16-6-4-5-7-18(16)28-3/h4-9,12-13H,10-11H2,1-3H3,(H,22,24)(H,23,25)/b21-13+. The smallest absolute Gasteiger partial charge is 0.240 e. The summed E-state index contributed by atoms with van der Waals surface area (Å²) in [5.41, 5.74) is 3.59. The molecule has 0 atom stereocenters. The second-order valence-electron chi connectivity index (χ2n) is 5.65. The van der Waals surface area contributed by atoms with E-state index in [4.69, 9.17) is 14.2 Å². The summed E-state index contributed by atoms with van der Waals surface area (Å²) in [7, 11) is 4.62. The molecule has 0 bridgehead atoms. The van der Waals surface area contributed by atoms with Crippen LogP contribution in [0.5, 0.6) is 17.2 Å². The Balaban J connectivity index is 1.84. The zero-order chi connectivity index (χ0) is 20.4. The predicted molar refractivity (Wildman–Crippen MR) is 106 cm³/mol. The van der Waals surface area contributed by atoms with Gasteiger partial charge in [-0.15, -0.1) is 0 Å². The fraction of sp³-hybridized carbons (Fsp3) is 0.250. The van der Waals surface area contributed by atoms with Gasteiger partial charge in [-0.05, 0) is 30.3 Å². The lowest BCUT2D eigenvalue weighted by Gasteiger charge is -2.09. The van der Waals surface area contributed by atoms with Gasteiger partial charge in [-0.3, -0.25) is 9.59 Å². The van der Waals surface area contributed by atoms with Gasteiger partial charge in [0, 0.05) is 18.4 Å². The maximum absolute atomic E-state index is 12.0. The minimum absolute atomic E-state index is 0.00638. The molecule has 0 aliphatic carbocycles. The Labute approximate surface area is 163 Å². The number of nitrogens with one attached hydrogen (secondary N) is 2. The maximum Gasteiger partial charge on any atom is 0.240 e. The number of ether oxygens (including phenoxy) is 3. The molecule has 2 amide bonds. The highest BCUT2D eigenvalue weighted by Crippen LogP contribution is 2.23. The van der Waals surface area contributed by atoms with Gasteiger partial charge in [0.25, 0.3) is 0 Å². The number of hydrazone groups is 1. The molecule has 0 heterocycles. The lowest BCUT2D eigenvalue weighted by atomic mass is 10.2. The van der Waals surface area contributed by atoms with E-state index >= 15 is 0 Å². The van der Waals surface area contributed by atoms with Crippen LogP contribution in [0, 0.1) is 0 Å². The first-order valence-corrected chi connectivity index (χ1v) is 8.54. The number of nitrogens with zero attached hydrogens (tertiary/aromatic N) is 1. The number of methoxy groups -OCH3 is 3. The highest BCUT2D eigenvalue weighted by atomic mass is 16.5. The van der Waals surface area contributed by atoms with Crippen molar-refractivity contribution in [2.45, 2.75) is 12.8 Å². The van der Waals surface area contributed by atoms with Crippen molar-refractivity contribution in [3.63, 3.8) is 0 Å². The van der Waals surface area contributed by atoms with E-state index in [1.54, 1.807) is 49.6 Å². The highest BCUT2D eigenvalue weighted by Gasteiger charge is 2.09. The lowest BCUT2D eigenvalue weighted by molar-refractivity contribution is -0.124. The van der Waals surface area contributed by atoms with Crippen molar-refractivity contribution in [3.8, 4) is 17.2 Å². The number of anilines is 1. The van der Waals surface area contributed by atoms with Crippen LogP contribution in [0.25, 0.3) is 0 Å². The summed E-state index contributed by atoms with van der Waals surface area (Å²) in [5.74, 6) is 1.11. The molecule has 2 N–H and O–H groups in total. The van der Waals surface area contributed by atoms with E-state index in [2.05, 4.69) is 15.8 Å². The van der Waals surface area contributed by atoms with Crippen molar-refractivity contribution in [2.24, 2.45) is 5.10 Å². The molecule has 0 saturated carbocycles. The van der Waals surface area contributed by atoms with Crippen LogP contribution in [0.4, 0.5) is 5.69 Å². The first kappa shape index (κ1) is 20.8. The van der Waals surface area contributed by atoms with E-state index in [0.717, 1.165) is 0 Å². The largest absolute Gasteiger partial charge is 0.497 e. The molecule has 2 aromatic carbocycles. The molecule has 148 valence electrons. The van der Waals surface area contributed by atoms with Gasteiger partial charge in [-0.1, -0.05) is 12.1 Å². The summed E-state index contributed by atoms with van der Waals surface area (Å²) in [6.45, 7) is 0. The molecule has 0 fully saturated rings. The van der Waals surface area contributed by atoms with E-state index in [0.29, 0.717) is 28.5 Å². The second-order valence-corrected chi connectivity index (χ2v) is 5.65. The third kappa shape index (κ3) is 6.01. The van der Waals surface area contributed by atoms with Gasteiger partial charge in [-0.2, -0.15) is 5.10 Å². The first-order valence-electron chi connectivity index (χ1n) is 8.54. The fourth-order valence-corrected chi connectivity index (χ4v) is 2.36. The van der Waals surface area contributed by atoms with Gasteiger partial charge in [0.15, 0.2) is 0 Å². The SMILES string of the molecule is COc1ccc(OC)c(/C=N/NC(=O)CCC(=O)Nc2ccccc2OC)c1. The van der Waals surface area contributed by atoms with Gasteiger partial charge < -0.3 is 19.5 Å². The Kier molecular flexibility index (Phi) is 7.83. The number of hydrogen-bond donors (Lipinski definition) is 2. The maximum atomic E-state index is 12.0. The van der Waals surface area contributed by atoms with Gasteiger partial charge in [0.1, 0.15) is 17.2 Å². The van der Waals surface area contributed by atoms with Gasteiger partial charge in [-0.25, -0.2) is 5.43 Å². The third-order valence-corrected chi connectivity index (χ3v) is 3.79. The van der Waals surface area contributed by atoms with Crippen LogP contribution in [0.3, 0.4) is 0 Å². The van der Waals surface area contributed by atoms with Crippen LogP contribution >= 0.6 is 0 Å². The third-order valence-electron chi connectivity index (χ3n) is 3.79. The monoisotopic (exact) mass is 385 g/mol. The van der Waals surface area contributed by atoms with Crippen molar-refractivity contribution in [1.82, 2.24) is 5.43 Å². The summed E-state index contributed by atoms with van der Waals surface area (Å²) in [6.07, 6.45) is 1.46. The molecule has 2 aromatic rings. The fourth-order valence-electron chi connectivity index (χ4n) is 2.36. The molecular formula is C20H23N3O5. The number of benzene rings is 2. The molecule has 0 unspecified atom stereocenters. The molecule has 0 saturated heterocycles. The van der Waals surface area contributed by atoms with Crippen LogP contribution in [0.1, 0.15) is 18.4 Å². The second kappa shape index (κ2) is 10.6. The number of carbonyl (C=O) groups is 2. The molecule has 8 heteroatoms. The van der Waals surface area contributed by atoms with Crippen LogP contribution in [-0.2, 0) is 9.59 Å². The average molecular weight is 385 g/mol. The van der Waals surface area contributed by atoms with Crippen molar-refractivity contribution in [3.05, 3.63) is 48.0 Å². The Morgan fingerprint density at radius 2 is 1.64 bits per heavy atom. The molecular weight excluding hydrogens is 362 g/mol. The Bertz CT molecular complexity index is 851. The number of rotatable bonds is 9.